The van der Waals surface area contributed by atoms with E-state index in [2.05, 4.69) is 15.8 Å². The summed E-state index contributed by atoms with van der Waals surface area (Å²) in [4.78, 5) is 6.58. The van der Waals surface area contributed by atoms with Crippen molar-refractivity contribution >= 4 is 17.6 Å². The van der Waals surface area contributed by atoms with E-state index in [9.17, 15) is 0 Å². The summed E-state index contributed by atoms with van der Waals surface area (Å²) in [5, 5.41) is 0. The Morgan fingerprint density at radius 3 is 2.39 bits per heavy atom. The monoisotopic (exact) mass is 380 g/mol. The Morgan fingerprint density at radius 1 is 1.00 bits per heavy atom. The molecular weight excluding hydrogens is 356 g/mol. The van der Waals surface area contributed by atoms with Crippen LogP contribution >= 0.6 is 0 Å². The summed E-state index contributed by atoms with van der Waals surface area (Å²) in [7, 11) is 3.28. The Hall–Kier alpha value is -3.01. The molecule has 146 valence electrons. The SMILES string of the molecule is C#Cc1cccc(N2CN=Cc3cc(OCCOC)c(OCCOC)cc32)c1. The molecule has 0 spiro atoms. The van der Waals surface area contributed by atoms with E-state index < -0.39 is 0 Å². The second-order valence-corrected chi connectivity index (χ2v) is 6.12. The van der Waals surface area contributed by atoms with E-state index in [1.54, 1.807) is 14.2 Å². The van der Waals surface area contributed by atoms with Crippen molar-refractivity contribution in [3.05, 3.63) is 47.5 Å². The highest BCUT2D eigenvalue weighted by molar-refractivity contribution is 5.93. The van der Waals surface area contributed by atoms with Crippen molar-refractivity contribution in [1.82, 2.24) is 0 Å². The topological polar surface area (TPSA) is 52.5 Å². The standard InChI is InChI=1S/C22H24N2O4/c1-4-17-6-5-7-19(12-17)24-16-23-15-18-13-21(27-10-8-25-2)22(14-20(18)24)28-11-9-26-3/h1,5-7,12-15H,8-11,16H2,2-3H3. The molecule has 0 aromatic heterocycles. The molecule has 1 heterocycles. The van der Waals surface area contributed by atoms with Gasteiger partial charge < -0.3 is 23.8 Å². The maximum absolute atomic E-state index is 5.91. The average molecular weight is 380 g/mol. The van der Waals surface area contributed by atoms with Crippen molar-refractivity contribution < 1.29 is 18.9 Å². The Labute approximate surface area is 165 Å². The van der Waals surface area contributed by atoms with Gasteiger partial charge in [-0.3, -0.25) is 4.99 Å². The lowest BCUT2D eigenvalue weighted by atomic mass is 10.1. The largest absolute Gasteiger partial charge is 0.487 e. The first-order valence-electron chi connectivity index (χ1n) is 9.02. The fraction of sp³-hybridized carbons (Fsp3) is 0.318. The zero-order valence-electron chi connectivity index (χ0n) is 16.2. The molecule has 0 N–H and O–H groups in total. The van der Waals surface area contributed by atoms with Gasteiger partial charge in [0.05, 0.1) is 18.9 Å². The highest BCUT2D eigenvalue weighted by atomic mass is 16.5. The highest BCUT2D eigenvalue weighted by Crippen LogP contribution is 2.39. The maximum Gasteiger partial charge on any atom is 0.163 e. The Bertz CT molecular complexity index is 873. The van der Waals surface area contributed by atoms with Crippen molar-refractivity contribution in [2.75, 3.05) is 52.2 Å². The summed E-state index contributed by atoms with van der Waals surface area (Å²) in [5.74, 6) is 3.98. The number of fused-ring (bicyclic) bond motifs is 1. The zero-order chi connectivity index (χ0) is 19.8. The molecule has 2 aromatic carbocycles. The van der Waals surface area contributed by atoms with E-state index in [-0.39, 0.29) is 0 Å². The molecule has 2 aromatic rings. The molecule has 3 rings (SSSR count). The first-order chi connectivity index (χ1) is 13.8. The van der Waals surface area contributed by atoms with Crippen LogP contribution in [0.1, 0.15) is 11.1 Å². The van der Waals surface area contributed by atoms with Crippen LogP contribution in [-0.2, 0) is 9.47 Å². The number of rotatable bonds is 9. The van der Waals surface area contributed by atoms with Gasteiger partial charge in [-0.2, -0.15) is 0 Å². The first-order valence-corrected chi connectivity index (χ1v) is 9.02. The predicted octanol–water partition coefficient (Wildman–Crippen LogP) is 3.25. The molecule has 0 radical (unpaired) electrons. The number of hydrogen-bond acceptors (Lipinski definition) is 6. The summed E-state index contributed by atoms with van der Waals surface area (Å²) >= 11 is 0. The average Bonchev–Trinajstić information content (AvgIpc) is 2.74. The van der Waals surface area contributed by atoms with Crippen LogP contribution in [0.4, 0.5) is 11.4 Å². The molecule has 6 heteroatoms. The van der Waals surface area contributed by atoms with Crippen molar-refractivity contribution in [2.24, 2.45) is 4.99 Å². The summed E-state index contributed by atoms with van der Waals surface area (Å²) in [6.07, 6.45) is 7.40. The number of nitrogens with zero attached hydrogens (tertiary/aromatic N) is 2. The minimum absolute atomic E-state index is 0.427. The van der Waals surface area contributed by atoms with Gasteiger partial charge in [-0.25, -0.2) is 0 Å². The van der Waals surface area contributed by atoms with Crippen molar-refractivity contribution in [1.29, 1.82) is 0 Å². The second-order valence-electron chi connectivity index (χ2n) is 6.12. The van der Waals surface area contributed by atoms with Crippen LogP contribution in [0.2, 0.25) is 0 Å². The number of aliphatic imine (C=N–C) groups is 1. The third-order valence-corrected chi connectivity index (χ3v) is 4.25. The third-order valence-electron chi connectivity index (χ3n) is 4.25. The fourth-order valence-electron chi connectivity index (χ4n) is 2.88. The van der Waals surface area contributed by atoms with Crippen molar-refractivity contribution in [3.63, 3.8) is 0 Å². The van der Waals surface area contributed by atoms with E-state index >= 15 is 0 Å². The minimum atomic E-state index is 0.427. The lowest BCUT2D eigenvalue weighted by Crippen LogP contribution is -2.22. The van der Waals surface area contributed by atoms with Crippen LogP contribution in [0, 0.1) is 12.3 Å². The Balaban J connectivity index is 1.95. The number of hydrogen-bond donors (Lipinski definition) is 0. The van der Waals surface area contributed by atoms with Crippen molar-refractivity contribution in [2.45, 2.75) is 0 Å². The summed E-state index contributed by atoms with van der Waals surface area (Å²) in [6.45, 7) is 2.34. The summed E-state index contributed by atoms with van der Waals surface area (Å²) in [6, 6.07) is 11.7. The lowest BCUT2D eigenvalue weighted by molar-refractivity contribution is 0.132. The van der Waals surface area contributed by atoms with E-state index in [0.29, 0.717) is 44.6 Å². The quantitative estimate of drug-likeness (QED) is 0.494. The molecule has 1 aliphatic heterocycles. The fourth-order valence-corrected chi connectivity index (χ4v) is 2.88. The normalized spacial score (nSPS) is 12.4. The number of methoxy groups -OCH3 is 2. The van der Waals surface area contributed by atoms with Crippen LogP contribution in [0.25, 0.3) is 0 Å². The van der Waals surface area contributed by atoms with Gasteiger partial charge in [-0.1, -0.05) is 12.0 Å². The van der Waals surface area contributed by atoms with Gasteiger partial charge in [-0.15, -0.1) is 6.42 Å². The molecule has 0 bridgehead atoms. The maximum atomic E-state index is 5.91. The highest BCUT2D eigenvalue weighted by Gasteiger charge is 2.20. The van der Waals surface area contributed by atoms with E-state index in [4.69, 9.17) is 25.4 Å². The summed E-state index contributed by atoms with van der Waals surface area (Å²) < 4.78 is 21.9. The number of ether oxygens (including phenoxy) is 4. The van der Waals surface area contributed by atoms with Gasteiger partial charge in [0.1, 0.15) is 19.9 Å². The zero-order valence-corrected chi connectivity index (χ0v) is 16.2. The Kier molecular flexibility index (Phi) is 6.90. The van der Waals surface area contributed by atoms with Crippen LogP contribution < -0.4 is 14.4 Å². The Morgan fingerprint density at radius 2 is 1.71 bits per heavy atom. The number of anilines is 2. The first kappa shape index (κ1) is 19.7. The molecule has 0 amide bonds. The van der Waals surface area contributed by atoms with Crippen molar-refractivity contribution in [3.8, 4) is 23.8 Å². The molecule has 0 fully saturated rings. The molecule has 0 aliphatic carbocycles. The molecule has 0 atom stereocenters. The van der Waals surface area contributed by atoms with E-state index in [1.807, 2.05) is 42.6 Å². The molecule has 0 saturated heterocycles. The van der Waals surface area contributed by atoms with E-state index in [0.717, 1.165) is 22.5 Å². The smallest absolute Gasteiger partial charge is 0.163 e. The van der Waals surface area contributed by atoms with Crippen LogP contribution in [0.3, 0.4) is 0 Å². The van der Waals surface area contributed by atoms with Gasteiger partial charge >= 0.3 is 0 Å². The van der Waals surface area contributed by atoms with Gasteiger partial charge in [-0.05, 0) is 24.3 Å². The second kappa shape index (κ2) is 9.79. The molecule has 0 saturated carbocycles. The number of benzene rings is 2. The summed E-state index contributed by atoms with van der Waals surface area (Å²) in [5.41, 5.74) is 3.73. The van der Waals surface area contributed by atoms with Crippen LogP contribution in [-0.4, -0.2) is 53.5 Å². The van der Waals surface area contributed by atoms with Gasteiger partial charge in [0.25, 0.3) is 0 Å². The van der Waals surface area contributed by atoms with Crippen LogP contribution in [0.15, 0.2) is 41.4 Å². The molecular formula is C22H24N2O4. The minimum Gasteiger partial charge on any atom is -0.487 e. The lowest BCUT2D eigenvalue weighted by Gasteiger charge is -2.29. The van der Waals surface area contributed by atoms with Gasteiger partial charge in [0, 0.05) is 43.3 Å². The molecule has 0 unspecified atom stereocenters. The molecule has 28 heavy (non-hydrogen) atoms. The van der Waals surface area contributed by atoms with Gasteiger partial charge in [0.15, 0.2) is 11.5 Å². The third kappa shape index (κ3) is 4.63. The van der Waals surface area contributed by atoms with Gasteiger partial charge in [0.2, 0.25) is 0 Å². The van der Waals surface area contributed by atoms with Crippen LogP contribution in [0.5, 0.6) is 11.5 Å². The predicted molar refractivity (Wildman–Crippen MR) is 110 cm³/mol. The molecule has 6 nitrogen and oxygen atoms in total. The molecule has 1 aliphatic rings. The number of terminal acetylenes is 1. The van der Waals surface area contributed by atoms with E-state index in [1.165, 1.54) is 0 Å².